The molecule has 0 bridgehead atoms. The van der Waals surface area contributed by atoms with Crippen LogP contribution in [0, 0.1) is 5.92 Å². The monoisotopic (exact) mass is 384 g/mol. The van der Waals surface area contributed by atoms with Gasteiger partial charge in [-0.2, -0.15) is 0 Å². The second-order valence-electron chi connectivity index (χ2n) is 6.96. The molecule has 148 valence electrons. The van der Waals surface area contributed by atoms with Crippen LogP contribution in [0.25, 0.3) is 0 Å². The molecule has 28 heavy (non-hydrogen) atoms. The maximum Gasteiger partial charge on any atom is 0.414 e. The van der Waals surface area contributed by atoms with Crippen LogP contribution in [-0.4, -0.2) is 40.8 Å². The molecule has 2 heterocycles. The molecule has 2 aliphatic rings. The molecule has 0 amide bonds. The Morgan fingerprint density at radius 1 is 1.18 bits per heavy atom. The number of carbonyl (C=O) groups is 2. The molecule has 0 saturated heterocycles. The minimum absolute atomic E-state index is 0.151. The molecule has 4 rings (SSSR count). The SMILES string of the molecule is COc1ccc2c(c1)C(c1ccccn1)(C1CCC1)NCC2.O=C(O)C(=O)O. The average Bonchev–Trinajstić information content (AvgIpc) is 2.67. The van der Waals surface area contributed by atoms with Crippen molar-refractivity contribution in [1.82, 2.24) is 10.3 Å². The second-order valence-corrected chi connectivity index (χ2v) is 6.96. The van der Waals surface area contributed by atoms with E-state index in [0.29, 0.717) is 5.92 Å². The lowest BCUT2D eigenvalue weighted by Crippen LogP contribution is -2.55. The predicted molar refractivity (Wildman–Crippen MR) is 102 cm³/mol. The van der Waals surface area contributed by atoms with E-state index in [1.54, 1.807) is 7.11 Å². The van der Waals surface area contributed by atoms with Gasteiger partial charge in [0.15, 0.2) is 0 Å². The highest BCUT2D eigenvalue weighted by Gasteiger charge is 2.48. The summed E-state index contributed by atoms with van der Waals surface area (Å²) in [7, 11) is 1.74. The van der Waals surface area contributed by atoms with Crippen molar-refractivity contribution in [2.24, 2.45) is 5.92 Å². The Morgan fingerprint density at radius 3 is 2.46 bits per heavy atom. The maximum absolute atomic E-state index is 9.10. The zero-order valence-electron chi connectivity index (χ0n) is 15.7. The fourth-order valence-electron chi connectivity index (χ4n) is 4.00. The molecule has 1 unspecified atom stereocenters. The second kappa shape index (κ2) is 8.39. The van der Waals surface area contributed by atoms with Gasteiger partial charge in [-0.25, -0.2) is 9.59 Å². The van der Waals surface area contributed by atoms with E-state index < -0.39 is 11.9 Å². The highest BCUT2D eigenvalue weighted by Crippen LogP contribution is 2.49. The van der Waals surface area contributed by atoms with E-state index in [9.17, 15) is 0 Å². The first-order valence-electron chi connectivity index (χ1n) is 9.29. The number of aliphatic carboxylic acids is 2. The zero-order chi connectivity index (χ0) is 20.1. The number of fused-ring (bicyclic) bond motifs is 1. The molecule has 7 nitrogen and oxygen atoms in total. The summed E-state index contributed by atoms with van der Waals surface area (Å²) in [5, 5.41) is 18.6. The summed E-state index contributed by atoms with van der Waals surface area (Å²) in [6.07, 6.45) is 6.83. The average molecular weight is 384 g/mol. The van der Waals surface area contributed by atoms with Crippen molar-refractivity contribution in [3.63, 3.8) is 0 Å². The standard InChI is InChI=1S/C19H22N2O.C2H2O4/c1-22-16-9-8-14-10-12-21-19(17(14)13-16,15-5-4-6-15)18-7-2-3-11-20-18;3-1(4)2(5)6/h2-3,7-9,11,13,15,21H,4-6,10,12H2,1H3;(H,3,4)(H,5,6). The molecule has 1 aromatic carbocycles. The number of aromatic nitrogens is 1. The first-order chi connectivity index (χ1) is 13.5. The minimum Gasteiger partial charge on any atom is -0.497 e. The molecule has 0 radical (unpaired) electrons. The number of carboxylic acid groups (broad SMARTS) is 2. The lowest BCUT2D eigenvalue weighted by atomic mass is 9.63. The van der Waals surface area contributed by atoms with Crippen molar-refractivity contribution in [1.29, 1.82) is 0 Å². The molecule has 1 aromatic heterocycles. The molecule has 1 saturated carbocycles. The Morgan fingerprint density at radius 2 is 1.93 bits per heavy atom. The van der Waals surface area contributed by atoms with Crippen LogP contribution in [0.5, 0.6) is 5.75 Å². The molecule has 3 N–H and O–H groups in total. The summed E-state index contributed by atoms with van der Waals surface area (Å²) < 4.78 is 5.49. The summed E-state index contributed by atoms with van der Waals surface area (Å²) in [6, 6.07) is 12.8. The summed E-state index contributed by atoms with van der Waals surface area (Å²) in [5.41, 5.74) is 3.79. The zero-order valence-corrected chi connectivity index (χ0v) is 15.7. The van der Waals surface area contributed by atoms with E-state index >= 15 is 0 Å². The first kappa shape index (κ1) is 19.8. The number of benzene rings is 1. The lowest BCUT2D eigenvalue weighted by Gasteiger charge is -2.49. The van der Waals surface area contributed by atoms with E-state index in [4.69, 9.17) is 29.5 Å². The Kier molecular flexibility index (Phi) is 5.94. The summed E-state index contributed by atoms with van der Waals surface area (Å²) in [6.45, 7) is 1.01. The Hall–Kier alpha value is -2.93. The van der Waals surface area contributed by atoms with Crippen LogP contribution in [0.4, 0.5) is 0 Å². The molecule has 1 atom stereocenters. The first-order valence-corrected chi connectivity index (χ1v) is 9.29. The Balaban J connectivity index is 0.000000330. The van der Waals surface area contributed by atoms with E-state index in [0.717, 1.165) is 24.4 Å². The fraction of sp³-hybridized carbons (Fsp3) is 0.381. The van der Waals surface area contributed by atoms with Gasteiger partial charge in [0.1, 0.15) is 5.75 Å². The summed E-state index contributed by atoms with van der Waals surface area (Å²) in [4.78, 5) is 22.9. The van der Waals surface area contributed by atoms with E-state index in [2.05, 4.69) is 35.6 Å². The van der Waals surface area contributed by atoms with Gasteiger partial charge in [-0.15, -0.1) is 0 Å². The van der Waals surface area contributed by atoms with Gasteiger partial charge in [-0.1, -0.05) is 18.6 Å². The lowest BCUT2D eigenvalue weighted by molar-refractivity contribution is -0.159. The van der Waals surface area contributed by atoms with Crippen molar-refractivity contribution in [2.45, 2.75) is 31.2 Å². The van der Waals surface area contributed by atoms with Crippen LogP contribution in [-0.2, 0) is 21.5 Å². The van der Waals surface area contributed by atoms with Crippen molar-refractivity contribution in [3.05, 3.63) is 59.4 Å². The minimum atomic E-state index is -1.82. The van der Waals surface area contributed by atoms with Crippen molar-refractivity contribution in [2.75, 3.05) is 13.7 Å². The van der Waals surface area contributed by atoms with E-state index in [-0.39, 0.29) is 5.54 Å². The van der Waals surface area contributed by atoms with Gasteiger partial charge in [0.25, 0.3) is 0 Å². The highest BCUT2D eigenvalue weighted by molar-refractivity contribution is 6.27. The van der Waals surface area contributed by atoms with Crippen LogP contribution in [0.2, 0.25) is 0 Å². The number of hydrogen-bond donors (Lipinski definition) is 3. The fourth-order valence-corrected chi connectivity index (χ4v) is 4.00. The van der Waals surface area contributed by atoms with Gasteiger partial charge in [-0.05, 0) is 60.6 Å². The molecule has 1 aliphatic carbocycles. The third-order valence-electron chi connectivity index (χ3n) is 5.51. The van der Waals surface area contributed by atoms with E-state index in [1.165, 1.54) is 30.4 Å². The number of nitrogens with zero attached hydrogens (tertiary/aromatic N) is 1. The predicted octanol–water partition coefficient (Wildman–Crippen LogP) is 2.44. The molecular weight excluding hydrogens is 360 g/mol. The molecule has 2 aromatic rings. The highest BCUT2D eigenvalue weighted by atomic mass is 16.5. The number of ether oxygens (including phenoxy) is 1. The third-order valence-corrected chi connectivity index (χ3v) is 5.51. The number of rotatable bonds is 3. The van der Waals surface area contributed by atoms with Crippen LogP contribution in [0.1, 0.15) is 36.1 Å². The van der Waals surface area contributed by atoms with Crippen molar-refractivity contribution in [3.8, 4) is 5.75 Å². The van der Waals surface area contributed by atoms with Gasteiger partial charge in [0, 0.05) is 12.7 Å². The van der Waals surface area contributed by atoms with Crippen LogP contribution in [0.3, 0.4) is 0 Å². The van der Waals surface area contributed by atoms with E-state index in [1.807, 2.05) is 12.3 Å². The number of hydrogen-bond acceptors (Lipinski definition) is 5. The Bertz CT molecular complexity index is 839. The molecule has 1 aliphatic heterocycles. The largest absolute Gasteiger partial charge is 0.497 e. The summed E-state index contributed by atoms with van der Waals surface area (Å²) >= 11 is 0. The maximum atomic E-state index is 9.10. The van der Waals surface area contributed by atoms with Gasteiger partial charge in [-0.3, -0.25) is 4.98 Å². The van der Waals surface area contributed by atoms with Crippen LogP contribution >= 0.6 is 0 Å². The number of pyridine rings is 1. The molecular formula is C21H24N2O5. The third kappa shape index (κ3) is 3.71. The van der Waals surface area contributed by atoms with Crippen LogP contribution < -0.4 is 10.1 Å². The van der Waals surface area contributed by atoms with Gasteiger partial charge in [0.05, 0.1) is 18.3 Å². The number of nitrogens with one attached hydrogen (secondary N) is 1. The molecule has 7 heteroatoms. The van der Waals surface area contributed by atoms with Gasteiger partial charge < -0.3 is 20.3 Å². The quantitative estimate of drug-likeness (QED) is 0.698. The smallest absolute Gasteiger partial charge is 0.414 e. The summed E-state index contributed by atoms with van der Waals surface area (Å²) in [5.74, 6) is -2.10. The van der Waals surface area contributed by atoms with Crippen molar-refractivity contribution < 1.29 is 24.5 Å². The van der Waals surface area contributed by atoms with Crippen LogP contribution in [0.15, 0.2) is 42.6 Å². The molecule has 0 spiro atoms. The van der Waals surface area contributed by atoms with Crippen molar-refractivity contribution >= 4 is 11.9 Å². The normalized spacial score (nSPS) is 20.8. The van der Waals surface area contributed by atoms with Gasteiger partial charge >= 0.3 is 11.9 Å². The Labute approximate surface area is 163 Å². The number of carboxylic acids is 2. The van der Waals surface area contributed by atoms with Gasteiger partial charge in [0.2, 0.25) is 0 Å². The number of methoxy groups -OCH3 is 1. The molecule has 1 fully saturated rings. The topological polar surface area (TPSA) is 109 Å².